The lowest BCUT2D eigenvalue weighted by Gasteiger charge is -2.27. The summed E-state index contributed by atoms with van der Waals surface area (Å²) in [6, 6.07) is 16.2. The molecule has 0 spiro atoms. The molecule has 0 aromatic heterocycles. The highest BCUT2D eigenvalue weighted by Crippen LogP contribution is 2.43. The predicted octanol–water partition coefficient (Wildman–Crippen LogP) is 5.47. The van der Waals surface area contributed by atoms with E-state index in [1.165, 1.54) is 16.7 Å². The molecule has 2 aliphatic heterocycles. The van der Waals surface area contributed by atoms with Gasteiger partial charge in [0.05, 0.1) is 26.2 Å². The van der Waals surface area contributed by atoms with Crippen molar-refractivity contribution in [3.8, 4) is 28.4 Å². The van der Waals surface area contributed by atoms with Gasteiger partial charge in [-0.3, -0.25) is 4.79 Å². The fourth-order valence-electron chi connectivity index (χ4n) is 5.77. The number of carboxylic acids is 1. The monoisotopic (exact) mass is 518 g/mol. The van der Waals surface area contributed by atoms with Gasteiger partial charge >= 0.3 is 5.97 Å². The summed E-state index contributed by atoms with van der Waals surface area (Å²) in [7, 11) is 3.37. The third-order valence-electron chi connectivity index (χ3n) is 7.41. The first kappa shape index (κ1) is 26.1. The van der Waals surface area contributed by atoms with E-state index >= 15 is 0 Å². The van der Waals surface area contributed by atoms with E-state index in [0.717, 1.165) is 34.4 Å². The normalized spacial score (nSPS) is 16.9. The van der Waals surface area contributed by atoms with E-state index in [4.69, 9.17) is 28.8 Å². The number of rotatable bonds is 10. The number of benzene rings is 3. The van der Waals surface area contributed by atoms with Gasteiger partial charge in [-0.25, -0.2) is 0 Å². The molecule has 0 amide bonds. The number of carboxylic acid groups (broad SMARTS) is 1. The van der Waals surface area contributed by atoms with Crippen LogP contribution in [0.5, 0.6) is 17.2 Å². The van der Waals surface area contributed by atoms with Gasteiger partial charge in [0.1, 0.15) is 23.9 Å². The van der Waals surface area contributed by atoms with E-state index in [1.54, 1.807) is 14.2 Å². The number of aryl methyl sites for hydroxylation is 1. The molecular weight excluding hydrogens is 484 g/mol. The Morgan fingerprint density at radius 1 is 1.05 bits per heavy atom. The number of aliphatic carboxylic acids is 1. The van der Waals surface area contributed by atoms with Gasteiger partial charge in [0, 0.05) is 43.8 Å². The Hall–Kier alpha value is -3.55. The summed E-state index contributed by atoms with van der Waals surface area (Å²) in [6.45, 7) is 5.99. The van der Waals surface area contributed by atoms with Gasteiger partial charge in [-0.2, -0.15) is 0 Å². The average Bonchev–Trinajstić information content (AvgIpc) is 3.44. The van der Waals surface area contributed by atoms with Crippen molar-refractivity contribution < 1.29 is 33.6 Å². The summed E-state index contributed by atoms with van der Waals surface area (Å²) in [5, 5.41) is 9.12. The van der Waals surface area contributed by atoms with Gasteiger partial charge in [-0.05, 0) is 59.9 Å². The zero-order valence-electron chi connectivity index (χ0n) is 22.3. The maximum absolute atomic E-state index is 11.1. The van der Waals surface area contributed by atoms with Crippen LogP contribution >= 0.6 is 0 Å². The molecule has 7 nitrogen and oxygen atoms in total. The van der Waals surface area contributed by atoms with E-state index in [-0.39, 0.29) is 12.3 Å². The molecule has 38 heavy (non-hydrogen) atoms. The van der Waals surface area contributed by atoms with Crippen molar-refractivity contribution in [1.29, 1.82) is 0 Å². The maximum atomic E-state index is 11.1. The van der Waals surface area contributed by atoms with Crippen LogP contribution in [0, 0.1) is 13.8 Å². The van der Waals surface area contributed by atoms with Crippen LogP contribution in [0.25, 0.3) is 11.1 Å². The highest BCUT2D eigenvalue weighted by Gasteiger charge is 2.41. The summed E-state index contributed by atoms with van der Waals surface area (Å²) in [4.78, 5) is 11.1. The molecule has 3 aromatic carbocycles. The third kappa shape index (κ3) is 5.08. The van der Waals surface area contributed by atoms with E-state index < -0.39 is 11.6 Å². The first-order chi connectivity index (χ1) is 18.3. The Morgan fingerprint density at radius 3 is 2.58 bits per heavy atom. The SMILES string of the molecule is COCC1(COC)Cc2c(cc(C)c(-c3cccc(COc4ccc5c(c4)OCC5CC(=O)O)c3)c2C)O1. The largest absolute Gasteiger partial charge is 0.492 e. The fourth-order valence-corrected chi connectivity index (χ4v) is 5.77. The second-order valence-corrected chi connectivity index (χ2v) is 10.3. The van der Waals surface area contributed by atoms with Gasteiger partial charge in [-0.15, -0.1) is 0 Å². The van der Waals surface area contributed by atoms with Gasteiger partial charge in [0.15, 0.2) is 5.60 Å². The Balaban J connectivity index is 1.34. The molecule has 0 radical (unpaired) electrons. The standard InChI is InChI=1S/C31H34O7/c1-19-10-28-26(14-31(38-28,17-34-3)18-35-4)20(2)30(19)22-7-5-6-21(11-22)15-36-24-8-9-25-23(12-29(32)33)16-37-27(25)13-24/h5-11,13,23H,12,14-18H2,1-4H3,(H,32,33). The van der Waals surface area contributed by atoms with Gasteiger partial charge < -0.3 is 28.8 Å². The van der Waals surface area contributed by atoms with Crippen molar-refractivity contribution in [2.45, 2.75) is 44.8 Å². The Bertz CT molecular complexity index is 1340. The molecule has 0 fully saturated rings. The number of hydrogen-bond acceptors (Lipinski definition) is 6. The zero-order valence-corrected chi connectivity index (χ0v) is 22.3. The van der Waals surface area contributed by atoms with Crippen LogP contribution in [-0.4, -0.2) is 50.7 Å². The van der Waals surface area contributed by atoms with Crippen LogP contribution in [0.3, 0.4) is 0 Å². The summed E-state index contributed by atoms with van der Waals surface area (Å²) in [5.74, 6) is 1.36. The Morgan fingerprint density at radius 2 is 1.84 bits per heavy atom. The molecule has 200 valence electrons. The van der Waals surface area contributed by atoms with Crippen molar-refractivity contribution in [3.05, 3.63) is 76.3 Å². The second kappa shape index (κ2) is 10.7. The van der Waals surface area contributed by atoms with E-state index in [0.29, 0.717) is 37.9 Å². The number of methoxy groups -OCH3 is 2. The van der Waals surface area contributed by atoms with Gasteiger partial charge in [-0.1, -0.05) is 24.3 Å². The third-order valence-corrected chi connectivity index (χ3v) is 7.41. The summed E-state index contributed by atoms with van der Waals surface area (Å²) in [5.41, 5.74) is 7.36. The molecule has 2 aliphatic rings. The van der Waals surface area contributed by atoms with Crippen LogP contribution in [0.1, 0.15) is 40.2 Å². The summed E-state index contributed by atoms with van der Waals surface area (Å²) < 4.78 is 29.1. The van der Waals surface area contributed by atoms with Crippen LogP contribution < -0.4 is 14.2 Å². The zero-order chi connectivity index (χ0) is 26.9. The molecule has 5 rings (SSSR count). The molecule has 1 atom stereocenters. The minimum absolute atomic E-state index is 0.0629. The molecular formula is C31H34O7. The predicted molar refractivity (Wildman–Crippen MR) is 143 cm³/mol. The fraction of sp³-hybridized carbons (Fsp3) is 0.387. The quantitative estimate of drug-likeness (QED) is 0.381. The molecule has 0 saturated carbocycles. The highest BCUT2D eigenvalue weighted by atomic mass is 16.6. The minimum Gasteiger partial charge on any atom is -0.492 e. The Labute approximate surface area is 223 Å². The smallest absolute Gasteiger partial charge is 0.304 e. The number of carbonyl (C=O) groups is 1. The minimum atomic E-state index is -0.822. The summed E-state index contributed by atoms with van der Waals surface area (Å²) in [6.07, 6.45) is 0.799. The first-order valence-corrected chi connectivity index (χ1v) is 12.8. The average molecular weight is 519 g/mol. The molecule has 1 N–H and O–H groups in total. The van der Waals surface area contributed by atoms with Crippen LogP contribution in [0.4, 0.5) is 0 Å². The lowest BCUT2D eigenvalue weighted by atomic mass is 9.88. The molecule has 3 aromatic rings. The van der Waals surface area contributed by atoms with E-state index in [9.17, 15) is 4.79 Å². The number of hydrogen-bond donors (Lipinski definition) is 1. The van der Waals surface area contributed by atoms with Crippen molar-refractivity contribution in [3.63, 3.8) is 0 Å². The lowest BCUT2D eigenvalue weighted by molar-refractivity contribution is -0.137. The molecule has 0 saturated heterocycles. The highest BCUT2D eigenvalue weighted by molar-refractivity contribution is 5.75. The van der Waals surface area contributed by atoms with Crippen molar-refractivity contribution in [2.24, 2.45) is 0 Å². The van der Waals surface area contributed by atoms with Crippen LogP contribution in [0.2, 0.25) is 0 Å². The first-order valence-electron chi connectivity index (χ1n) is 12.8. The van der Waals surface area contributed by atoms with Crippen molar-refractivity contribution in [1.82, 2.24) is 0 Å². The van der Waals surface area contributed by atoms with Gasteiger partial charge in [0.2, 0.25) is 0 Å². The second-order valence-electron chi connectivity index (χ2n) is 10.3. The maximum Gasteiger partial charge on any atom is 0.304 e. The molecule has 0 bridgehead atoms. The van der Waals surface area contributed by atoms with Crippen LogP contribution in [-0.2, 0) is 27.3 Å². The van der Waals surface area contributed by atoms with E-state index in [1.807, 2.05) is 18.2 Å². The molecule has 7 heteroatoms. The number of ether oxygens (including phenoxy) is 5. The molecule has 0 aliphatic carbocycles. The summed E-state index contributed by atoms with van der Waals surface area (Å²) >= 11 is 0. The van der Waals surface area contributed by atoms with Crippen molar-refractivity contribution >= 4 is 5.97 Å². The molecule has 2 heterocycles. The lowest BCUT2D eigenvalue weighted by Crippen LogP contribution is -2.44. The topological polar surface area (TPSA) is 83.5 Å². The number of fused-ring (bicyclic) bond motifs is 2. The molecule has 1 unspecified atom stereocenters. The van der Waals surface area contributed by atoms with Crippen LogP contribution in [0.15, 0.2) is 48.5 Å². The van der Waals surface area contributed by atoms with Crippen molar-refractivity contribution in [2.75, 3.05) is 34.0 Å². The van der Waals surface area contributed by atoms with E-state index in [2.05, 4.69) is 44.2 Å². The van der Waals surface area contributed by atoms with Gasteiger partial charge in [0.25, 0.3) is 0 Å². The Kier molecular flexibility index (Phi) is 7.32.